The van der Waals surface area contributed by atoms with Crippen molar-refractivity contribution in [2.45, 2.75) is 38.3 Å². The van der Waals surface area contributed by atoms with Crippen LogP contribution in [0.3, 0.4) is 0 Å². The lowest BCUT2D eigenvalue weighted by Gasteiger charge is -2.10. The van der Waals surface area contributed by atoms with E-state index in [1.807, 2.05) is 0 Å². The highest BCUT2D eigenvalue weighted by Gasteiger charge is 2.22. The van der Waals surface area contributed by atoms with Crippen LogP contribution in [0.5, 0.6) is 0 Å². The molecular weight excluding hydrogens is 226 g/mol. The van der Waals surface area contributed by atoms with E-state index in [9.17, 15) is 14.4 Å². The van der Waals surface area contributed by atoms with Crippen molar-refractivity contribution in [3.8, 4) is 0 Å². The van der Waals surface area contributed by atoms with E-state index in [0.717, 1.165) is 12.8 Å². The highest BCUT2D eigenvalue weighted by molar-refractivity contribution is 5.82. The number of nitrogens with one attached hydrogen (secondary N) is 3. The summed E-state index contributed by atoms with van der Waals surface area (Å²) in [6.45, 7) is 1.55. The topological polar surface area (TPSA) is 108 Å². The second kappa shape index (κ2) is 6.07. The molecule has 7 nitrogen and oxygen atoms in total. The largest absolute Gasteiger partial charge is 0.480 e. The predicted molar refractivity (Wildman–Crippen MR) is 59.4 cm³/mol. The smallest absolute Gasteiger partial charge is 0.325 e. The van der Waals surface area contributed by atoms with Crippen molar-refractivity contribution in [3.05, 3.63) is 0 Å². The van der Waals surface area contributed by atoms with Crippen LogP contribution >= 0.6 is 0 Å². The fourth-order valence-electron chi connectivity index (χ4n) is 1.13. The standard InChI is InChI=1S/C10H17N3O4/c1-6(9(15)16)12-10(17)11-5-4-8(14)13-7-2-3-7/h6-7H,2-5H2,1H3,(H,13,14)(H,15,16)(H2,11,12,17). The molecule has 17 heavy (non-hydrogen) atoms. The predicted octanol–water partition coefficient (Wildman–Crippen LogP) is -0.573. The van der Waals surface area contributed by atoms with Gasteiger partial charge in [-0.05, 0) is 19.8 Å². The zero-order valence-electron chi connectivity index (χ0n) is 9.66. The number of carbonyl (C=O) groups excluding carboxylic acids is 2. The summed E-state index contributed by atoms with van der Waals surface area (Å²) in [5.41, 5.74) is 0. The van der Waals surface area contributed by atoms with E-state index >= 15 is 0 Å². The van der Waals surface area contributed by atoms with Crippen LogP contribution in [-0.4, -0.2) is 41.6 Å². The Hall–Kier alpha value is -1.79. The van der Waals surface area contributed by atoms with Crippen LogP contribution in [0, 0.1) is 0 Å². The molecule has 4 N–H and O–H groups in total. The molecule has 0 saturated heterocycles. The van der Waals surface area contributed by atoms with E-state index in [1.54, 1.807) is 0 Å². The summed E-state index contributed by atoms with van der Waals surface area (Å²) in [5.74, 6) is -1.20. The summed E-state index contributed by atoms with van der Waals surface area (Å²) in [6, 6.07) is -1.22. The lowest BCUT2D eigenvalue weighted by atomic mass is 10.3. The Morgan fingerprint density at radius 2 is 2.00 bits per heavy atom. The minimum Gasteiger partial charge on any atom is -0.480 e. The quantitative estimate of drug-likeness (QED) is 0.501. The molecule has 7 heteroatoms. The van der Waals surface area contributed by atoms with E-state index in [-0.39, 0.29) is 18.9 Å². The zero-order chi connectivity index (χ0) is 12.8. The van der Waals surface area contributed by atoms with Gasteiger partial charge in [0.05, 0.1) is 0 Å². The molecule has 0 heterocycles. The number of hydrogen-bond acceptors (Lipinski definition) is 3. The van der Waals surface area contributed by atoms with Gasteiger partial charge in [0.15, 0.2) is 0 Å². The second-order valence-electron chi connectivity index (χ2n) is 4.05. The minimum absolute atomic E-state index is 0.0981. The molecule has 1 unspecified atom stereocenters. The Morgan fingerprint density at radius 3 is 2.53 bits per heavy atom. The number of carboxylic acid groups (broad SMARTS) is 1. The van der Waals surface area contributed by atoms with Crippen molar-refractivity contribution in [1.29, 1.82) is 0 Å². The van der Waals surface area contributed by atoms with E-state index in [4.69, 9.17) is 5.11 Å². The average molecular weight is 243 g/mol. The van der Waals surface area contributed by atoms with Crippen LogP contribution in [0.2, 0.25) is 0 Å². The molecule has 1 atom stereocenters. The number of rotatable bonds is 6. The molecule has 0 aromatic carbocycles. The van der Waals surface area contributed by atoms with Gasteiger partial charge in [0.1, 0.15) is 6.04 Å². The van der Waals surface area contributed by atoms with Gasteiger partial charge in [0, 0.05) is 19.0 Å². The van der Waals surface area contributed by atoms with Crippen molar-refractivity contribution in [2.75, 3.05) is 6.54 Å². The third-order valence-electron chi connectivity index (χ3n) is 2.30. The highest BCUT2D eigenvalue weighted by atomic mass is 16.4. The lowest BCUT2D eigenvalue weighted by molar-refractivity contribution is -0.138. The molecule has 1 aliphatic carbocycles. The molecule has 1 aliphatic rings. The minimum atomic E-state index is -1.10. The Morgan fingerprint density at radius 1 is 1.35 bits per heavy atom. The molecule has 3 amide bonds. The normalized spacial score (nSPS) is 15.8. The van der Waals surface area contributed by atoms with Crippen LogP contribution in [0.15, 0.2) is 0 Å². The average Bonchev–Trinajstić information content (AvgIpc) is 3.01. The molecule has 0 aromatic heterocycles. The Balaban J connectivity index is 2.06. The van der Waals surface area contributed by atoms with Gasteiger partial charge in [-0.25, -0.2) is 4.79 Å². The summed E-state index contributed by atoms with van der Waals surface area (Å²) in [4.78, 5) is 32.8. The zero-order valence-corrected chi connectivity index (χ0v) is 9.66. The molecule has 1 rings (SSSR count). The molecule has 0 radical (unpaired) electrons. The van der Waals surface area contributed by atoms with E-state index in [2.05, 4.69) is 16.0 Å². The molecule has 0 aliphatic heterocycles. The van der Waals surface area contributed by atoms with Gasteiger partial charge in [-0.3, -0.25) is 9.59 Å². The Labute approximate surface area is 98.9 Å². The first-order valence-corrected chi connectivity index (χ1v) is 5.55. The van der Waals surface area contributed by atoms with E-state index in [0.29, 0.717) is 6.04 Å². The monoisotopic (exact) mass is 243 g/mol. The molecular formula is C10H17N3O4. The van der Waals surface area contributed by atoms with Crippen molar-refractivity contribution in [3.63, 3.8) is 0 Å². The maximum atomic E-state index is 11.2. The highest BCUT2D eigenvalue weighted by Crippen LogP contribution is 2.18. The molecule has 96 valence electrons. The van der Waals surface area contributed by atoms with Crippen LogP contribution in [0.1, 0.15) is 26.2 Å². The van der Waals surface area contributed by atoms with Gasteiger partial charge in [-0.1, -0.05) is 0 Å². The van der Waals surface area contributed by atoms with Gasteiger partial charge >= 0.3 is 12.0 Å². The number of carboxylic acids is 1. The van der Waals surface area contributed by atoms with Crippen molar-refractivity contribution in [2.24, 2.45) is 0 Å². The van der Waals surface area contributed by atoms with Crippen LogP contribution in [0.25, 0.3) is 0 Å². The van der Waals surface area contributed by atoms with Gasteiger partial charge in [-0.15, -0.1) is 0 Å². The van der Waals surface area contributed by atoms with E-state index < -0.39 is 18.0 Å². The van der Waals surface area contributed by atoms with Gasteiger partial charge in [0.2, 0.25) is 5.91 Å². The summed E-state index contributed by atoms with van der Waals surface area (Å²) in [6.07, 6.45) is 2.25. The molecule has 0 bridgehead atoms. The van der Waals surface area contributed by atoms with Gasteiger partial charge < -0.3 is 21.1 Å². The van der Waals surface area contributed by atoms with Crippen LogP contribution in [-0.2, 0) is 9.59 Å². The third-order valence-corrected chi connectivity index (χ3v) is 2.30. The number of carbonyl (C=O) groups is 3. The number of hydrogen-bond donors (Lipinski definition) is 4. The maximum absolute atomic E-state index is 11.2. The van der Waals surface area contributed by atoms with Crippen LogP contribution in [0.4, 0.5) is 4.79 Å². The first-order valence-electron chi connectivity index (χ1n) is 5.55. The molecule has 0 aromatic rings. The summed E-state index contributed by atoms with van der Waals surface area (Å²) >= 11 is 0. The van der Waals surface area contributed by atoms with Gasteiger partial charge in [0.25, 0.3) is 0 Å². The fraction of sp³-hybridized carbons (Fsp3) is 0.700. The number of amides is 3. The van der Waals surface area contributed by atoms with Crippen molar-refractivity contribution in [1.82, 2.24) is 16.0 Å². The maximum Gasteiger partial charge on any atom is 0.325 e. The first-order chi connectivity index (χ1) is 7.99. The Bertz CT molecular complexity index is 315. The summed E-state index contributed by atoms with van der Waals surface area (Å²) < 4.78 is 0. The summed E-state index contributed by atoms with van der Waals surface area (Å²) in [5, 5.41) is 16.0. The molecule has 1 saturated carbocycles. The molecule has 1 fully saturated rings. The van der Waals surface area contributed by atoms with E-state index in [1.165, 1.54) is 6.92 Å². The molecule has 0 spiro atoms. The first kappa shape index (κ1) is 13.3. The van der Waals surface area contributed by atoms with Crippen molar-refractivity contribution < 1.29 is 19.5 Å². The fourth-order valence-corrected chi connectivity index (χ4v) is 1.13. The third kappa shape index (κ3) is 5.74. The lowest BCUT2D eigenvalue weighted by Crippen LogP contribution is -2.45. The van der Waals surface area contributed by atoms with Crippen LogP contribution < -0.4 is 16.0 Å². The second-order valence-corrected chi connectivity index (χ2v) is 4.05. The summed E-state index contributed by atoms with van der Waals surface area (Å²) in [7, 11) is 0. The van der Waals surface area contributed by atoms with Gasteiger partial charge in [-0.2, -0.15) is 0 Å². The Kier molecular flexibility index (Phi) is 4.74. The SMILES string of the molecule is CC(NC(=O)NCCC(=O)NC1CC1)C(=O)O. The number of urea groups is 1. The van der Waals surface area contributed by atoms with Crippen molar-refractivity contribution >= 4 is 17.9 Å². The number of aliphatic carboxylic acids is 1.